The van der Waals surface area contributed by atoms with E-state index in [4.69, 9.17) is 9.47 Å². The second-order valence-electron chi connectivity index (χ2n) is 16.6. The second-order valence-corrected chi connectivity index (χ2v) is 16.6. The molecule has 6 heteroatoms. The van der Waals surface area contributed by atoms with Crippen LogP contribution in [-0.2, 0) is 23.9 Å². The number of carboxylic acid groups (broad SMARTS) is 1. The SMILES string of the molecule is CCCCC/C=C\C/C=C\CCCCCCCC(=O)OC(CCCCCCCCCCCCC)C(OC(=O)CCCCCCC/C=C\C/C=C\CCCCC)C(=O)O. The molecule has 0 aromatic heterocycles. The number of ether oxygens (including phenoxy) is 2. The molecule has 58 heavy (non-hydrogen) atoms. The first-order valence-corrected chi connectivity index (χ1v) is 24.7. The first kappa shape index (κ1) is 55.4. The molecule has 0 saturated heterocycles. The van der Waals surface area contributed by atoms with Gasteiger partial charge in [0.25, 0.3) is 0 Å². The maximum atomic E-state index is 13.0. The van der Waals surface area contributed by atoms with Gasteiger partial charge < -0.3 is 14.6 Å². The summed E-state index contributed by atoms with van der Waals surface area (Å²) in [4.78, 5) is 38.2. The van der Waals surface area contributed by atoms with Gasteiger partial charge in [-0.3, -0.25) is 9.59 Å². The van der Waals surface area contributed by atoms with Gasteiger partial charge in [-0.05, 0) is 89.9 Å². The highest BCUT2D eigenvalue weighted by Gasteiger charge is 2.34. The van der Waals surface area contributed by atoms with Crippen LogP contribution in [0.15, 0.2) is 48.6 Å². The minimum Gasteiger partial charge on any atom is -0.478 e. The molecule has 1 N–H and O–H groups in total. The molecule has 0 aliphatic carbocycles. The van der Waals surface area contributed by atoms with Crippen LogP contribution in [-0.4, -0.2) is 35.2 Å². The minimum atomic E-state index is -1.47. The van der Waals surface area contributed by atoms with Gasteiger partial charge in [-0.25, -0.2) is 4.79 Å². The van der Waals surface area contributed by atoms with Gasteiger partial charge in [-0.2, -0.15) is 0 Å². The van der Waals surface area contributed by atoms with Crippen molar-refractivity contribution >= 4 is 17.9 Å². The summed E-state index contributed by atoms with van der Waals surface area (Å²) in [6.45, 7) is 6.71. The molecule has 0 aliphatic heterocycles. The van der Waals surface area contributed by atoms with E-state index in [1.54, 1.807) is 0 Å². The summed E-state index contributed by atoms with van der Waals surface area (Å²) in [6, 6.07) is 0. The molecule has 6 nitrogen and oxygen atoms in total. The van der Waals surface area contributed by atoms with Crippen LogP contribution in [0.5, 0.6) is 0 Å². The molecule has 0 saturated carbocycles. The number of unbranched alkanes of at least 4 members (excludes halogenated alkanes) is 26. The zero-order chi connectivity index (χ0) is 42.4. The van der Waals surface area contributed by atoms with E-state index in [1.165, 1.54) is 96.3 Å². The fourth-order valence-electron chi connectivity index (χ4n) is 7.16. The van der Waals surface area contributed by atoms with Crippen molar-refractivity contribution in [1.82, 2.24) is 0 Å². The number of carboxylic acids is 1. The molecule has 0 amide bonds. The number of carbonyl (C=O) groups excluding carboxylic acids is 2. The van der Waals surface area contributed by atoms with E-state index in [9.17, 15) is 19.5 Å². The van der Waals surface area contributed by atoms with Crippen molar-refractivity contribution in [3.63, 3.8) is 0 Å². The number of aliphatic carboxylic acids is 1. The molecule has 0 aromatic carbocycles. The number of hydrogen-bond donors (Lipinski definition) is 1. The highest BCUT2D eigenvalue weighted by Crippen LogP contribution is 2.20. The minimum absolute atomic E-state index is 0.180. The Balaban J connectivity index is 4.64. The van der Waals surface area contributed by atoms with Gasteiger partial charge in [-0.15, -0.1) is 0 Å². The van der Waals surface area contributed by atoms with E-state index in [-0.39, 0.29) is 12.8 Å². The molecule has 0 radical (unpaired) electrons. The largest absolute Gasteiger partial charge is 0.478 e. The lowest BCUT2D eigenvalue weighted by atomic mass is 10.0. The lowest BCUT2D eigenvalue weighted by Gasteiger charge is -2.24. The Labute approximate surface area is 358 Å². The predicted molar refractivity (Wildman–Crippen MR) is 247 cm³/mol. The lowest BCUT2D eigenvalue weighted by molar-refractivity contribution is -0.180. The Hall–Kier alpha value is -2.63. The highest BCUT2D eigenvalue weighted by molar-refractivity contribution is 5.79. The van der Waals surface area contributed by atoms with Crippen molar-refractivity contribution in [1.29, 1.82) is 0 Å². The van der Waals surface area contributed by atoms with Gasteiger partial charge in [-0.1, -0.05) is 198 Å². The van der Waals surface area contributed by atoms with E-state index in [1.807, 2.05) is 0 Å². The quantitative estimate of drug-likeness (QED) is 0.0374. The van der Waals surface area contributed by atoms with E-state index in [2.05, 4.69) is 69.4 Å². The fourth-order valence-corrected chi connectivity index (χ4v) is 7.16. The molecule has 0 aliphatic rings. The van der Waals surface area contributed by atoms with E-state index >= 15 is 0 Å². The van der Waals surface area contributed by atoms with Crippen LogP contribution >= 0.6 is 0 Å². The summed E-state index contributed by atoms with van der Waals surface area (Å²) >= 11 is 0. The Kier molecular flexibility index (Phi) is 43.4. The molecule has 0 bridgehead atoms. The third-order valence-corrected chi connectivity index (χ3v) is 10.9. The monoisotopic (exact) mass is 813 g/mol. The summed E-state index contributed by atoms with van der Waals surface area (Å²) in [7, 11) is 0. The van der Waals surface area contributed by atoms with Crippen LogP contribution in [0.25, 0.3) is 0 Å². The summed E-state index contributed by atoms with van der Waals surface area (Å²) < 4.78 is 11.3. The number of carbonyl (C=O) groups is 3. The molecule has 2 atom stereocenters. The van der Waals surface area contributed by atoms with Gasteiger partial charge >= 0.3 is 17.9 Å². The third-order valence-electron chi connectivity index (χ3n) is 10.9. The molecule has 0 aromatic rings. The van der Waals surface area contributed by atoms with Gasteiger partial charge in [0, 0.05) is 12.8 Å². The number of allylic oxidation sites excluding steroid dienone is 8. The predicted octanol–water partition coefficient (Wildman–Crippen LogP) is 16.2. The standard InChI is InChI=1S/C52H92O6/c1-4-7-10-13-16-19-22-24-26-28-31-34-37-40-43-46-49(53)57-48(45-42-39-36-33-30-21-18-15-12-9-6-3)51(52(55)56)58-50(54)47-44-41-38-35-32-29-27-25-23-20-17-14-11-8-5-2/h16-17,19-20,24-27,48,51H,4-15,18,21-23,28-47H2,1-3H3,(H,55,56)/b19-16-,20-17-,26-24-,27-25-. The summed E-state index contributed by atoms with van der Waals surface area (Å²) in [5, 5.41) is 10.1. The number of rotatable bonds is 44. The number of esters is 2. The Morgan fingerprint density at radius 1 is 0.397 bits per heavy atom. The molecule has 2 unspecified atom stereocenters. The Morgan fingerprint density at radius 3 is 1.10 bits per heavy atom. The normalized spacial score (nSPS) is 13.0. The molecule has 0 fully saturated rings. The summed E-state index contributed by atoms with van der Waals surface area (Å²) in [5.74, 6) is -2.16. The van der Waals surface area contributed by atoms with Crippen LogP contribution < -0.4 is 0 Å². The summed E-state index contributed by atoms with van der Waals surface area (Å²) in [5.41, 5.74) is 0. The average molecular weight is 813 g/mol. The molecule has 0 heterocycles. The van der Waals surface area contributed by atoms with Crippen molar-refractivity contribution in [2.24, 2.45) is 0 Å². The average Bonchev–Trinajstić information content (AvgIpc) is 3.21. The van der Waals surface area contributed by atoms with E-state index in [0.717, 1.165) is 103 Å². The zero-order valence-corrected chi connectivity index (χ0v) is 38.2. The molecular weight excluding hydrogens is 721 g/mol. The molecule has 0 spiro atoms. The topological polar surface area (TPSA) is 89.9 Å². The van der Waals surface area contributed by atoms with Crippen LogP contribution in [0.2, 0.25) is 0 Å². The van der Waals surface area contributed by atoms with Crippen LogP contribution in [0, 0.1) is 0 Å². The fraction of sp³-hybridized carbons (Fsp3) is 0.788. The smallest absolute Gasteiger partial charge is 0.348 e. The van der Waals surface area contributed by atoms with Gasteiger partial charge in [0.15, 0.2) is 0 Å². The zero-order valence-electron chi connectivity index (χ0n) is 38.2. The Morgan fingerprint density at radius 2 is 0.707 bits per heavy atom. The van der Waals surface area contributed by atoms with Gasteiger partial charge in [0.05, 0.1) is 0 Å². The van der Waals surface area contributed by atoms with Crippen molar-refractivity contribution in [2.75, 3.05) is 0 Å². The third kappa shape index (κ3) is 40.2. The molecular formula is C52H92O6. The Bertz CT molecular complexity index is 1040. The van der Waals surface area contributed by atoms with Crippen molar-refractivity contribution in [3.8, 4) is 0 Å². The van der Waals surface area contributed by atoms with E-state index < -0.39 is 30.1 Å². The first-order chi connectivity index (χ1) is 28.5. The molecule has 336 valence electrons. The molecule has 0 rings (SSSR count). The summed E-state index contributed by atoms with van der Waals surface area (Å²) in [6.07, 6.45) is 53.5. The van der Waals surface area contributed by atoms with Crippen LogP contribution in [0.4, 0.5) is 0 Å². The van der Waals surface area contributed by atoms with Gasteiger partial charge in [0.2, 0.25) is 6.10 Å². The number of hydrogen-bond acceptors (Lipinski definition) is 5. The first-order valence-electron chi connectivity index (χ1n) is 24.7. The van der Waals surface area contributed by atoms with Gasteiger partial charge in [0.1, 0.15) is 6.10 Å². The van der Waals surface area contributed by atoms with Crippen molar-refractivity contribution < 1.29 is 29.0 Å². The lowest BCUT2D eigenvalue weighted by Crippen LogP contribution is -2.41. The van der Waals surface area contributed by atoms with Crippen LogP contribution in [0.1, 0.15) is 252 Å². The maximum Gasteiger partial charge on any atom is 0.348 e. The van der Waals surface area contributed by atoms with Crippen LogP contribution in [0.3, 0.4) is 0 Å². The van der Waals surface area contributed by atoms with Crippen molar-refractivity contribution in [2.45, 2.75) is 264 Å². The highest BCUT2D eigenvalue weighted by atomic mass is 16.6. The second kappa shape index (κ2) is 45.5. The van der Waals surface area contributed by atoms with E-state index in [0.29, 0.717) is 19.3 Å². The van der Waals surface area contributed by atoms with Crippen molar-refractivity contribution in [3.05, 3.63) is 48.6 Å². The maximum absolute atomic E-state index is 13.0.